The molecule has 0 fully saturated rings. The summed E-state index contributed by atoms with van der Waals surface area (Å²) in [6, 6.07) is 19.3. The predicted molar refractivity (Wildman–Crippen MR) is 110 cm³/mol. The van der Waals surface area contributed by atoms with Crippen LogP contribution < -0.4 is 16.4 Å². The predicted octanol–water partition coefficient (Wildman–Crippen LogP) is 2.77. The molecule has 0 spiro atoms. The second-order valence-corrected chi connectivity index (χ2v) is 6.15. The maximum Gasteiger partial charge on any atom is 0.257 e. The van der Waals surface area contributed by atoms with E-state index in [2.05, 4.69) is 15.6 Å². The minimum absolute atomic E-state index is 0.134. The highest BCUT2D eigenvalue weighted by atomic mass is 19.1. The Labute approximate surface area is 171 Å². The van der Waals surface area contributed by atoms with Crippen molar-refractivity contribution in [2.24, 2.45) is 10.7 Å². The third-order valence-electron chi connectivity index (χ3n) is 4.00. The first kappa shape index (κ1) is 20.4. The molecular weight excluding hydrogens is 387 g/mol. The Bertz CT molecular complexity index is 1100. The molecule has 0 bridgehead atoms. The zero-order chi connectivity index (χ0) is 21.5. The van der Waals surface area contributed by atoms with E-state index in [0.29, 0.717) is 16.8 Å². The van der Waals surface area contributed by atoms with Gasteiger partial charge < -0.3 is 5.73 Å². The van der Waals surface area contributed by atoms with Crippen molar-refractivity contribution in [3.05, 3.63) is 101 Å². The van der Waals surface area contributed by atoms with Gasteiger partial charge in [-0.15, -0.1) is 0 Å². The van der Waals surface area contributed by atoms with Crippen LogP contribution in [0.2, 0.25) is 0 Å². The van der Waals surface area contributed by atoms with Gasteiger partial charge in [0.05, 0.1) is 5.69 Å². The molecule has 0 saturated carbocycles. The third kappa shape index (κ3) is 5.35. The number of rotatable bonds is 4. The first-order valence-corrected chi connectivity index (χ1v) is 8.84. The number of carbonyl (C=O) groups excluding carboxylic acids is 3. The van der Waals surface area contributed by atoms with E-state index in [9.17, 15) is 18.8 Å². The number of nitrogens with two attached hydrogens (primary N) is 1. The summed E-state index contributed by atoms with van der Waals surface area (Å²) in [5.41, 5.74) is 6.42. The normalized spacial score (nSPS) is 10.9. The average Bonchev–Trinajstić information content (AvgIpc) is 2.75. The Morgan fingerprint density at radius 1 is 0.700 bits per heavy atom. The number of halogens is 1. The summed E-state index contributed by atoms with van der Waals surface area (Å²) in [6.07, 6.45) is 0. The fourth-order valence-corrected chi connectivity index (χ4v) is 2.47. The van der Waals surface area contributed by atoms with Crippen LogP contribution in [0.1, 0.15) is 31.1 Å². The third-order valence-corrected chi connectivity index (χ3v) is 4.00. The Morgan fingerprint density at radius 2 is 1.20 bits per heavy atom. The van der Waals surface area contributed by atoms with Crippen LogP contribution in [0, 0.1) is 5.82 Å². The highest BCUT2D eigenvalue weighted by Gasteiger charge is 2.13. The molecule has 0 unspecified atom stereocenters. The lowest BCUT2D eigenvalue weighted by molar-refractivity contribution is 0.0963. The zero-order valence-corrected chi connectivity index (χ0v) is 15.6. The maximum absolute atomic E-state index is 13.1. The van der Waals surface area contributed by atoms with Gasteiger partial charge in [-0.3, -0.25) is 25.0 Å². The van der Waals surface area contributed by atoms with Crippen molar-refractivity contribution in [3.8, 4) is 0 Å². The van der Waals surface area contributed by atoms with E-state index in [-0.39, 0.29) is 11.5 Å². The number of guanidine groups is 1. The molecule has 0 aromatic heterocycles. The topological polar surface area (TPSA) is 114 Å². The SMILES string of the molecule is NC(=O)c1ccc(N=C(NC(=O)c2ccccc2)NC(=O)c2ccc(F)cc2)cc1. The molecule has 0 aliphatic carbocycles. The van der Waals surface area contributed by atoms with Gasteiger partial charge in [0.1, 0.15) is 5.82 Å². The largest absolute Gasteiger partial charge is 0.366 e. The monoisotopic (exact) mass is 404 g/mol. The molecule has 0 atom stereocenters. The number of hydrogen-bond donors (Lipinski definition) is 3. The van der Waals surface area contributed by atoms with Crippen molar-refractivity contribution >= 4 is 29.4 Å². The highest BCUT2D eigenvalue weighted by Crippen LogP contribution is 2.13. The van der Waals surface area contributed by atoms with Crippen LogP contribution in [0.4, 0.5) is 10.1 Å². The van der Waals surface area contributed by atoms with Crippen molar-refractivity contribution in [2.75, 3.05) is 0 Å². The Balaban J connectivity index is 1.87. The first-order chi connectivity index (χ1) is 14.4. The fourth-order valence-electron chi connectivity index (χ4n) is 2.47. The Morgan fingerprint density at radius 3 is 1.73 bits per heavy atom. The fraction of sp³-hybridized carbons (Fsp3) is 0. The van der Waals surface area contributed by atoms with Gasteiger partial charge in [-0.2, -0.15) is 0 Å². The molecule has 30 heavy (non-hydrogen) atoms. The lowest BCUT2D eigenvalue weighted by atomic mass is 10.2. The molecule has 150 valence electrons. The zero-order valence-electron chi connectivity index (χ0n) is 15.6. The lowest BCUT2D eigenvalue weighted by Crippen LogP contribution is -2.43. The average molecular weight is 404 g/mol. The molecule has 0 radical (unpaired) electrons. The van der Waals surface area contributed by atoms with Gasteiger partial charge in [-0.25, -0.2) is 9.38 Å². The Kier molecular flexibility index (Phi) is 6.29. The summed E-state index contributed by atoms with van der Waals surface area (Å²) >= 11 is 0. The summed E-state index contributed by atoms with van der Waals surface area (Å²) in [7, 11) is 0. The maximum atomic E-state index is 13.1. The van der Waals surface area contributed by atoms with Crippen molar-refractivity contribution < 1.29 is 18.8 Å². The van der Waals surface area contributed by atoms with E-state index in [1.807, 2.05) is 0 Å². The molecule has 3 amide bonds. The molecule has 0 aliphatic rings. The number of benzene rings is 3. The van der Waals surface area contributed by atoms with Crippen molar-refractivity contribution in [2.45, 2.75) is 0 Å². The molecule has 3 aromatic rings. The van der Waals surface area contributed by atoms with Crippen LogP contribution in [0.5, 0.6) is 0 Å². The lowest BCUT2D eigenvalue weighted by Gasteiger charge is -2.11. The van der Waals surface area contributed by atoms with E-state index in [4.69, 9.17) is 5.73 Å². The van der Waals surface area contributed by atoms with Gasteiger partial charge in [0.15, 0.2) is 0 Å². The van der Waals surface area contributed by atoms with Crippen LogP contribution in [0.25, 0.3) is 0 Å². The minimum Gasteiger partial charge on any atom is -0.366 e. The van der Waals surface area contributed by atoms with E-state index >= 15 is 0 Å². The molecule has 7 nitrogen and oxygen atoms in total. The molecule has 4 N–H and O–H groups in total. The second kappa shape index (κ2) is 9.24. The molecule has 3 rings (SSSR count). The number of amides is 3. The summed E-state index contributed by atoms with van der Waals surface area (Å²) in [6.45, 7) is 0. The quantitative estimate of drug-likeness (QED) is 0.459. The summed E-state index contributed by atoms with van der Waals surface area (Å²) in [5.74, 6) is -2.27. The number of primary amides is 1. The van der Waals surface area contributed by atoms with Crippen LogP contribution in [-0.4, -0.2) is 23.7 Å². The van der Waals surface area contributed by atoms with Crippen LogP contribution in [-0.2, 0) is 0 Å². The first-order valence-electron chi connectivity index (χ1n) is 8.84. The summed E-state index contributed by atoms with van der Waals surface area (Å²) in [5, 5.41) is 5.05. The van der Waals surface area contributed by atoms with Crippen LogP contribution in [0.15, 0.2) is 83.9 Å². The van der Waals surface area contributed by atoms with E-state index in [1.54, 1.807) is 30.3 Å². The summed E-state index contributed by atoms with van der Waals surface area (Å²) in [4.78, 5) is 40.4. The van der Waals surface area contributed by atoms with E-state index in [0.717, 1.165) is 12.1 Å². The highest BCUT2D eigenvalue weighted by molar-refractivity contribution is 6.13. The molecule has 0 aliphatic heterocycles. The van der Waals surface area contributed by atoms with Gasteiger partial charge in [-0.05, 0) is 60.7 Å². The molecule has 3 aromatic carbocycles. The number of hydrogen-bond acceptors (Lipinski definition) is 4. The molecule has 8 heteroatoms. The molecule has 0 saturated heterocycles. The molecular formula is C22H17FN4O3. The van der Waals surface area contributed by atoms with Crippen molar-refractivity contribution in [1.82, 2.24) is 10.6 Å². The van der Waals surface area contributed by atoms with Gasteiger partial charge in [0.2, 0.25) is 11.9 Å². The summed E-state index contributed by atoms with van der Waals surface area (Å²) < 4.78 is 13.1. The molecule has 0 heterocycles. The van der Waals surface area contributed by atoms with Gasteiger partial charge >= 0.3 is 0 Å². The van der Waals surface area contributed by atoms with Crippen LogP contribution >= 0.6 is 0 Å². The van der Waals surface area contributed by atoms with Gasteiger partial charge in [0.25, 0.3) is 11.8 Å². The smallest absolute Gasteiger partial charge is 0.257 e. The van der Waals surface area contributed by atoms with Crippen LogP contribution in [0.3, 0.4) is 0 Å². The number of nitrogens with zero attached hydrogens (tertiary/aromatic N) is 1. The minimum atomic E-state index is -0.590. The van der Waals surface area contributed by atoms with Gasteiger partial charge in [-0.1, -0.05) is 18.2 Å². The van der Waals surface area contributed by atoms with Gasteiger partial charge in [0, 0.05) is 16.7 Å². The second-order valence-electron chi connectivity index (χ2n) is 6.15. The number of aliphatic imine (C=N–C) groups is 1. The van der Waals surface area contributed by atoms with E-state index in [1.165, 1.54) is 36.4 Å². The standard InChI is InChI=1S/C22H17FN4O3/c23-17-10-6-16(7-11-17)21(30)27-22(26-20(29)15-4-2-1-3-5-15)25-18-12-8-14(9-13-18)19(24)28/h1-13H,(H2,24,28)(H2,25,26,27,29,30). The van der Waals surface area contributed by atoms with Crippen molar-refractivity contribution in [3.63, 3.8) is 0 Å². The van der Waals surface area contributed by atoms with E-state index < -0.39 is 23.5 Å². The number of carbonyl (C=O) groups is 3. The Hall–Kier alpha value is -4.33. The number of nitrogens with one attached hydrogen (secondary N) is 2. The van der Waals surface area contributed by atoms with Crippen molar-refractivity contribution in [1.29, 1.82) is 0 Å².